The van der Waals surface area contributed by atoms with Gasteiger partial charge in [0, 0.05) is 37.2 Å². The summed E-state index contributed by atoms with van der Waals surface area (Å²) < 4.78 is 5.39. The minimum Gasteiger partial charge on any atom is -0.380 e. The minimum absolute atomic E-state index is 0.454. The predicted molar refractivity (Wildman–Crippen MR) is 79.3 cm³/mol. The van der Waals surface area contributed by atoms with Gasteiger partial charge in [-0.2, -0.15) is 0 Å². The number of ether oxygens (including phenoxy) is 1. The highest BCUT2D eigenvalue weighted by molar-refractivity contribution is 7.10. The molecule has 3 nitrogen and oxygen atoms in total. The van der Waals surface area contributed by atoms with Crippen LogP contribution in [0.4, 0.5) is 0 Å². The zero-order valence-electron chi connectivity index (χ0n) is 11.8. The van der Waals surface area contributed by atoms with Gasteiger partial charge in [-0.25, -0.2) is 0 Å². The molecule has 0 spiro atoms. The van der Waals surface area contributed by atoms with Gasteiger partial charge in [-0.05, 0) is 31.8 Å². The molecule has 0 aliphatic carbocycles. The fourth-order valence-corrected chi connectivity index (χ4v) is 2.60. The van der Waals surface area contributed by atoms with Crippen molar-refractivity contribution in [2.45, 2.75) is 26.8 Å². The van der Waals surface area contributed by atoms with E-state index >= 15 is 0 Å². The van der Waals surface area contributed by atoms with Crippen LogP contribution in [-0.2, 0) is 4.74 Å². The molecule has 1 aromatic rings. The molecule has 1 N–H and O–H groups in total. The number of nitrogens with one attached hydrogen (secondary N) is 1. The van der Waals surface area contributed by atoms with Crippen LogP contribution in [0, 0.1) is 0 Å². The molecule has 0 aliphatic rings. The molecule has 1 unspecified atom stereocenters. The van der Waals surface area contributed by atoms with Crippen LogP contribution in [0.1, 0.15) is 31.7 Å². The van der Waals surface area contributed by atoms with E-state index in [2.05, 4.69) is 41.6 Å². The Hall–Kier alpha value is -0.420. The largest absolute Gasteiger partial charge is 0.380 e. The lowest BCUT2D eigenvalue weighted by atomic mass is 10.3. The third-order valence-corrected chi connectivity index (χ3v) is 4.11. The average Bonchev–Trinajstić information content (AvgIpc) is 2.91. The van der Waals surface area contributed by atoms with Crippen molar-refractivity contribution >= 4 is 11.3 Å². The maximum atomic E-state index is 5.39. The topological polar surface area (TPSA) is 24.5 Å². The van der Waals surface area contributed by atoms with Crippen LogP contribution in [0.15, 0.2) is 17.5 Å². The maximum Gasteiger partial charge on any atom is 0.0593 e. The second-order valence-electron chi connectivity index (χ2n) is 4.32. The van der Waals surface area contributed by atoms with Crippen molar-refractivity contribution in [3.63, 3.8) is 0 Å². The van der Waals surface area contributed by atoms with Crippen LogP contribution in [0.5, 0.6) is 0 Å². The van der Waals surface area contributed by atoms with Crippen molar-refractivity contribution in [2.24, 2.45) is 0 Å². The molecule has 1 atom stereocenters. The molecular formula is C14H26N2OS. The monoisotopic (exact) mass is 270 g/mol. The molecule has 0 saturated carbocycles. The number of hydrogen-bond acceptors (Lipinski definition) is 4. The lowest BCUT2D eigenvalue weighted by Gasteiger charge is -2.21. The summed E-state index contributed by atoms with van der Waals surface area (Å²) >= 11 is 1.82. The zero-order chi connectivity index (χ0) is 13.2. The van der Waals surface area contributed by atoms with E-state index < -0.39 is 0 Å². The Balaban J connectivity index is 2.14. The first-order chi connectivity index (χ1) is 8.77. The zero-order valence-corrected chi connectivity index (χ0v) is 12.6. The molecule has 0 amide bonds. The summed E-state index contributed by atoms with van der Waals surface area (Å²) in [5, 5.41) is 5.70. The van der Waals surface area contributed by atoms with Gasteiger partial charge in [0.2, 0.25) is 0 Å². The summed E-state index contributed by atoms with van der Waals surface area (Å²) in [5.74, 6) is 0. The average molecular weight is 270 g/mol. The third-order valence-electron chi connectivity index (χ3n) is 3.05. The van der Waals surface area contributed by atoms with E-state index in [1.807, 2.05) is 18.3 Å². The van der Waals surface area contributed by atoms with Crippen molar-refractivity contribution in [3.8, 4) is 0 Å². The van der Waals surface area contributed by atoms with Crippen LogP contribution >= 0.6 is 11.3 Å². The van der Waals surface area contributed by atoms with E-state index in [0.717, 1.165) is 39.4 Å². The SMILES string of the molecule is CCOCCN(CC)CCNC(C)c1cccs1. The number of hydrogen-bond donors (Lipinski definition) is 1. The van der Waals surface area contributed by atoms with Gasteiger partial charge < -0.3 is 15.0 Å². The minimum atomic E-state index is 0.454. The van der Waals surface area contributed by atoms with Crippen molar-refractivity contribution in [1.82, 2.24) is 10.2 Å². The molecule has 0 saturated heterocycles. The van der Waals surface area contributed by atoms with Crippen molar-refractivity contribution < 1.29 is 4.74 Å². The Bertz CT molecular complexity index is 290. The van der Waals surface area contributed by atoms with E-state index in [9.17, 15) is 0 Å². The van der Waals surface area contributed by atoms with Gasteiger partial charge in [-0.1, -0.05) is 13.0 Å². The van der Waals surface area contributed by atoms with E-state index in [0.29, 0.717) is 6.04 Å². The fraction of sp³-hybridized carbons (Fsp3) is 0.714. The normalized spacial score (nSPS) is 13.1. The predicted octanol–water partition coefficient (Wildman–Crippen LogP) is 2.76. The molecule has 0 aromatic carbocycles. The summed E-state index contributed by atoms with van der Waals surface area (Å²) in [6, 6.07) is 4.75. The quantitative estimate of drug-likeness (QED) is 0.662. The van der Waals surface area contributed by atoms with Crippen LogP contribution in [0.2, 0.25) is 0 Å². The smallest absolute Gasteiger partial charge is 0.0593 e. The molecule has 4 heteroatoms. The first-order valence-electron chi connectivity index (χ1n) is 6.84. The van der Waals surface area contributed by atoms with E-state index in [1.54, 1.807) is 0 Å². The highest BCUT2D eigenvalue weighted by atomic mass is 32.1. The third kappa shape index (κ3) is 5.96. The second kappa shape index (κ2) is 9.50. The first kappa shape index (κ1) is 15.6. The number of rotatable bonds is 10. The Labute approximate surface area is 115 Å². The van der Waals surface area contributed by atoms with Crippen LogP contribution < -0.4 is 5.32 Å². The lowest BCUT2D eigenvalue weighted by molar-refractivity contribution is 0.115. The van der Waals surface area contributed by atoms with E-state index in [-0.39, 0.29) is 0 Å². The summed E-state index contributed by atoms with van der Waals surface area (Å²) in [5.41, 5.74) is 0. The Morgan fingerprint density at radius 1 is 1.39 bits per heavy atom. The maximum absolute atomic E-state index is 5.39. The molecule has 1 heterocycles. The molecule has 1 aromatic heterocycles. The molecule has 1 rings (SSSR count). The van der Waals surface area contributed by atoms with Crippen molar-refractivity contribution in [3.05, 3.63) is 22.4 Å². The van der Waals surface area contributed by atoms with Gasteiger partial charge in [0.15, 0.2) is 0 Å². The van der Waals surface area contributed by atoms with Crippen LogP contribution in [-0.4, -0.2) is 44.3 Å². The number of likely N-dealkylation sites (N-methyl/N-ethyl adjacent to an activating group) is 1. The highest BCUT2D eigenvalue weighted by Gasteiger charge is 2.06. The number of thiophene rings is 1. The standard InChI is InChI=1S/C14H26N2OS/c1-4-16(10-11-17-5-2)9-8-15-13(3)14-7-6-12-18-14/h6-7,12-13,15H,4-5,8-11H2,1-3H3. The first-order valence-corrected chi connectivity index (χ1v) is 7.72. The molecule has 0 bridgehead atoms. The summed E-state index contributed by atoms with van der Waals surface area (Å²) in [7, 11) is 0. The van der Waals surface area contributed by atoms with Crippen LogP contribution in [0.25, 0.3) is 0 Å². The lowest BCUT2D eigenvalue weighted by Crippen LogP contribution is -2.35. The highest BCUT2D eigenvalue weighted by Crippen LogP contribution is 2.17. The van der Waals surface area contributed by atoms with Crippen molar-refractivity contribution in [1.29, 1.82) is 0 Å². The fourth-order valence-electron chi connectivity index (χ4n) is 1.84. The molecular weight excluding hydrogens is 244 g/mol. The van der Waals surface area contributed by atoms with E-state index in [1.165, 1.54) is 4.88 Å². The Kier molecular flexibility index (Phi) is 8.25. The molecule has 0 radical (unpaired) electrons. The van der Waals surface area contributed by atoms with Gasteiger partial charge in [-0.15, -0.1) is 11.3 Å². The van der Waals surface area contributed by atoms with Gasteiger partial charge in [0.1, 0.15) is 0 Å². The number of nitrogens with zero attached hydrogens (tertiary/aromatic N) is 1. The second-order valence-corrected chi connectivity index (χ2v) is 5.30. The summed E-state index contributed by atoms with van der Waals surface area (Å²) in [4.78, 5) is 3.83. The molecule has 104 valence electrons. The van der Waals surface area contributed by atoms with Gasteiger partial charge in [-0.3, -0.25) is 0 Å². The van der Waals surface area contributed by atoms with E-state index in [4.69, 9.17) is 4.74 Å². The molecule has 0 fully saturated rings. The Morgan fingerprint density at radius 2 is 2.22 bits per heavy atom. The van der Waals surface area contributed by atoms with Crippen molar-refractivity contribution in [2.75, 3.05) is 39.4 Å². The summed E-state index contributed by atoms with van der Waals surface area (Å²) in [6.07, 6.45) is 0. The molecule has 18 heavy (non-hydrogen) atoms. The van der Waals surface area contributed by atoms with Crippen LogP contribution in [0.3, 0.4) is 0 Å². The van der Waals surface area contributed by atoms with Gasteiger partial charge in [0.05, 0.1) is 6.61 Å². The van der Waals surface area contributed by atoms with Gasteiger partial charge in [0.25, 0.3) is 0 Å². The van der Waals surface area contributed by atoms with Gasteiger partial charge >= 0.3 is 0 Å². The Morgan fingerprint density at radius 3 is 2.83 bits per heavy atom. The molecule has 0 aliphatic heterocycles. The summed E-state index contributed by atoms with van der Waals surface area (Å²) in [6.45, 7) is 12.3.